The van der Waals surface area contributed by atoms with E-state index in [-0.39, 0.29) is 6.09 Å². The molecule has 0 unspecified atom stereocenters. The zero-order valence-corrected chi connectivity index (χ0v) is 17.7. The molecule has 1 aliphatic heterocycles. The van der Waals surface area contributed by atoms with Crippen LogP contribution in [0.4, 0.5) is 4.79 Å². The summed E-state index contributed by atoms with van der Waals surface area (Å²) in [4.78, 5) is 25.0. The van der Waals surface area contributed by atoms with Crippen LogP contribution in [0.3, 0.4) is 0 Å². The largest absolute Gasteiger partial charge is 0.444 e. The molecule has 1 fully saturated rings. The third kappa shape index (κ3) is 5.58. The number of amides is 1. The molecule has 1 aromatic carbocycles. The molecule has 1 saturated heterocycles. The summed E-state index contributed by atoms with van der Waals surface area (Å²) in [6.45, 7) is 8.83. The highest BCUT2D eigenvalue weighted by molar-refractivity contribution is 7.18. The molecule has 1 aliphatic rings. The topological polar surface area (TPSA) is 84.0 Å². The number of nitrogens with two attached hydrogens (primary N) is 1. The molecule has 8 heteroatoms. The van der Waals surface area contributed by atoms with E-state index in [1.807, 2.05) is 43.9 Å². The molecule has 3 rings (SSSR count). The third-order valence-electron chi connectivity index (χ3n) is 4.42. The van der Waals surface area contributed by atoms with E-state index in [1.54, 1.807) is 16.2 Å². The molecule has 0 atom stereocenters. The molecule has 2 aromatic rings. The fourth-order valence-corrected chi connectivity index (χ4v) is 4.00. The second-order valence-corrected chi connectivity index (χ2v) is 8.99. The lowest BCUT2D eigenvalue weighted by Crippen LogP contribution is -2.53. The predicted molar refractivity (Wildman–Crippen MR) is 114 cm³/mol. The van der Waals surface area contributed by atoms with Crippen LogP contribution < -0.4 is 5.73 Å². The third-order valence-corrected chi connectivity index (χ3v) is 5.51. The quantitative estimate of drug-likeness (QED) is 0.482. The van der Waals surface area contributed by atoms with Gasteiger partial charge >= 0.3 is 6.09 Å². The number of aromatic nitrogens is 1. The van der Waals surface area contributed by atoms with Crippen LogP contribution in [0, 0.1) is 0 Å². The van der Waals surface area contributed by atoms with Gasteiger partial charge in [0, 0.05) is 39.1 Å². The van der Waals surface area contributed by atoms with Crippen molar-refractivity contribution in [1.29, 1.82) is 0 Å². The van der Waals surface area contributed by atoms with Gasteiger partial charge in [-0.15, -0.1) is 11.3 Å². The highest BCUT2D eigenvalue weighted by Crippen LogP contribution is 2.22. The first-order chi connectivity index (χ1) is 13.3. The molecule has 152 valence electrons. The maximum Gasteiger partial charge on any atom is 0.410 e. The average molecular weight is 404 g/mol. The van der Waals surface area contributed by atoms with Crippen molar-refractivity contribution < 1.29 is 9.53 Å². The number of guanidine groups is 1. The van der Waals surface area contributed by atoms with Gasteiger partial charge in [-0.1, -0.05) is 12.1 Å². The molecule has 7 nitrogen and oxygen atoms in total. The first-order valence-corrected chi connectivity index (χ1v) is 10.5. The minimum Gasteiger partial charge on any atom is -0.444 e. The number of para-hydroxylation sites is 1. The van der Waals surface area contributed by atoms with E-state index in [0.717, 1.165) is 23.4 Å². The number of carbonyl (C=O) groups excluding carboxylic acids is 1. The molecule has 0 bridgehead atoms. The summed E-state index contributed by atoms with van der Waals surface area (Å²) >= 11 is 1.74. The number of rotatable bonds is 4. The smallest absolute Gasteiger partial charge is 0.410 e. The zero-order valence-electron chi connectivity index (χ0n) is 16.9. The summed E-state index contributed by atoms with van der Waals surface area (Å²) in [5.74, 6) is 0.549. The van der Waals surface area contributed by atoms with Gasteiger partial charge in [-0.3, -0.25) is 4.99 Å². The first kappa shape index (κ1) is 20.4. The Labute approximate surface area is 170 Å². The molecule has 0 saturated carbocycles. The van der Waals surface area contributed by atoms with Crippen molar-refractivity contribution in [2.75, 3.05) is 32.7 Å². The second kappa shape index (κ2) is 8.77. The number of piperazine rings is 1. The number of hydrogen-bond acceptors (Lipinski definition) is 5. The number of aliphatic imine (C=N–C) groups is 1. The Kier molecular flexibility index (Phi) is 6.39. The van der Waals surface area contributed by atoms with E-state index in [2.05, 4.69) is 16.0 Å². The molecular weight excluding hydrogens is 374 g/mol. The zero-order chi connectivity index (χ0) is 20.1. The van der Waals surface area contributed by atoms with Crippen LogP contribution in [0.25, 0.3) is 10.2 Å². The Morgan fingerprint density at radius 2 is 1.89 bits per heavy atom. The van der Waals surface area contributed by atoms with E-state index >= 15 is 0 Å². The van der Waals surface area contributed by atoms with Crippen molar-refractivity contribution in [2.45, 2.75) is 39.2 Å². The lowest BCUT2D eigenvalue weighted by atomic mass is 10.2. The molecule has 1 aromatic heterocycles. The van der Waals surface area contributed by atoms with Crippen LogP contribution in [-0.2, 0) is 11.2 Å². The number of thiazole rings is 1. The van der Waals surface area contributed by atoms with Gasteiger partial charge in [-0.25, -0.2) is 9.78 Å². The van der Waals surface area contributed by atoms with Crippen molar-refractivity contribution in [2.24, 2.45) is 10.7 Å². The van der Waals surface area contributed by atoms with Crippen molar-refractivity contribution in [3.63, 3.8) is 0 Å². The van der Waals surface area contributed by atoms with Crippen molar-refractivity contribution in [3.05, 3.63) is 29.3 Å². The van der Waals surface area contributed by atoms with Crippen LogP contribution in [0.2, 0.25) is 0 Å². The van der Waals surface area contributed by atoms with Gasteiger partial charge in [0.05, 0.1) is 15.2 Å². The fourth-order valence-electron chi connectivity index (χ4n) is 3.00. The summed E-state index contributed by atoms with van der Waals surface area (Å²) in [6.07, 6.45) is 1.56. The summed E-state index contributed by atoms with van der Waals surface area (Å²) in [7, 11) is 0. The molecule has 1 amide bonds. The highest BCUT2D eigenvalue weighted by atomic mass is 32.1. The maximum absolute atomic E-state index is 12.1. The van der Waals surface area contributed by atoms with E-state index in [1.165, 1.54) is 4.70 Å². The monoisotopic (exact) mass is 403 g/mol. The minimum atomic E-state index is -0.474. The van der Waals surface area contributed by atoms with Crippen molar-refractivity contribution in [3.8, 4) is 0 Å². The standard InChI is InChI=1S/C20H29N5O2S/c1-20(2,3)27-19(26)25-13-11-24(12-14-25)18(21)22-10-6-9-17-23-15-7-4-5-8-16(15)28-17/h4-5,7-8H,6,9-14H2,1-3H3,(H2,21,22). The lowest BCUT2D eigenvalue weighted by Gasteiger charge is -2.36. The van der Waals surface area contributed by atoms with Gasteiger partial charge in [-0.2, -0.15) is 0 Å². The summed E-state index contributed by atoms with van der Waals surface area (Å²) in [5.41, 5.74) is 6.73. The summed E-state index contributed by atoms with van der Waals surface area (Å²) < 4.78 is 6.64. The Hall–Kier alpha value is -2.35. The van der Waals surface area contributed by atoms with Crippen LogP contribution in [-0.4, -0.2) is 65.2 Å². The van der Waals surface area contributed by atoms with Gasteiger partial charge in [0.1, 0.15) is 5.60 Å². The number of ether oxygens (including phenoxy) is 1. The fraction of sp³-hybridized carbons (Fsp3) is 0.550. The Morgan fingerprint density at radius 3 is 2.57 bits per heavy atom. The molecule has 0 radical (unpaired) electrons. The second-order valence-electron chi connectivity index (χ2n) is 7.87. The van der Waals surface area contributed by atoms with Crippen LogP contribution in [0.1, 0.15) is 32.2 Å². The summed E-state index contributed by atoms with van der Waals surface area (Å²) in [5, 5.41) is 1.14. The summed E-state index contributed by atoms with van der Waals surface area (Å²) in [6, 6.07) is 8.20. The Morgan fingerprint density at radius 1 is 1.21 bits per heavy atom. The van der Waals surface area contributed by atoms with Gasteiger partial charge in [0.25, 0.3) is 0 Å². The number of carbonyl (C=O) groups is 1. The first-order valence-electron chi connectivity index (χ1n) is 9.69. The predicted octanol–water partition coefficient (Wildman–Crippen LogP) is 3.10. The van der Waals surface area contributed by atoms with Crippen LogP contribution in [0.5, 0.6) is 0 Å². The van der Waals surface area contributed by atoms with Gasteiger partial charge in [-0.05, 0) is 39.3 Å². The lowest BCUT2D eigenvalue weighted by molar-refractivity contribution is 0.0186. The molecule has 0 spiro atoms. The van der Waals surface area contributed by atoms with E-state index < -0.39 is 5.60 Å². The molecular formula is C20H29N5O2S. The maximum atomic E-state index is 12.1. The average Bonchev–Trinajstić information content (AvgIpc) is 3.06. The van der Waals surface area contributed by atoms with Crippen molar-refractivity contribution >= 4 is 33.6 Å². The normalized spacial score (nSPS) is 15.9. The number of fused-ring (bicyclic) bond motifs is 1. The van der Waals surface area contributed by atoms with Gasteiger partial charge < -0.3 is 20.3 Å². The molecule has 2 heterocycles. The highest BCUT2D eigenvalue weighted by Gasteiger charge is 2.26. The van der Waals surface area contributed by atoms with E-state index in [9.17, 15) is 4.79 Å². The molecule has 2 N–H and O–H groups in total. The van der Waals surface area contributed by atoms with Crippen molar-refractivity contribution in [1.82, 2.24) is 14.8 Å². The number of benzene rings is 1. The SMILES string of the molecule is CC(C)(C)OC(=O)N1CCN(C(N)=NCCCc2nc3ccccc3s2)CC1. The molecule has 28 heavy (non-hydrogen) atoms. The van der Waals surface area contributed by atoms with E-state index in [0.29, 0.717) is 38.7 Å². The van der Waals surface area contributed by atoms with Crippen LogP contribution >= 0.6 is 11.3 Å². The van der Waals surface area contributed by atoms with E-state index in [4.69, 9.17) is 10.5 Å². The van der Waals surface area contributed by atoms with Gasteiger partial charge in [0.2, 0.25) is 0 Å². The Balaban J connectivity index is 1.41. The number of aryl methyl sites for hydroxylation is 1. The van der Waals surface area contributed by atoms with Crippen LogP contribution in [0.15, 0.2) is 29.3 Å². The Bertz CT molecular complexity index is 801. The van der Waals surface area contributed by atoms with Gasteiger partial charge in [0.15, 0.2) is 5.96 Å². The number of nitrogens with zero attached hydrogens (tertiary/aromatic N) is 4. The molecule has 0 aliphatic carbocycles. The number of hydrogen-bond donors (Lipinski definition) is 1. The minimum absolute atomic E-state index is 0.265.